The van der Waals surface area contributed by atoms with Crippen molar-refractivity contribution >= 4 is 0 Å². The van der Waals surface area contributed by atoms with Crippen molar-refractivity contribution in [2.45, 2.75) is 13.5 Å². The Morgan fingerprint density at radius 2 is 2.25 bits per heavy atom. The van der Waals surface area contributed by atoms with Crippen molar-refractivity contribution in [1.82, 2.24) is 14.5 Å². The zero-order valence-corrected chi connectivity index (χ0v) is 9.13. The number of nitrogens with two attached hydrogens (primary N) is 1. The number of pyridine rings is 1. The molecule has 2 heterocycles. The number of rotatable bonds is 4. The molecule has 0 saturated carbocycles. The molecule has 0 unspecified atom stereocenters. The van der Waals surface area contributed by atoms with Crippen LogP contribution in [0.25, 0.3) is 5.82 Å². The van der Waals surface area contributed by atoms with E-state index < -0.39 is 0 Å². The number of aromatic nitrogens is 3. The molecule has 0 atom stereocenters. The average molecular weight is 218 g/mol. The van der Waals surface area contributed by atoms with Gasteiger partial charge in [0.2, 0.25) is 0 Å². The zero-order chi connectivity index (χ0) is 11.4. The smallest absolute Gasteiger partial charge is 0.181 e. The predicted octanol–water partition coefficient (Wildman–Crippen LogP) is 1.12. The van der Waals surface area contributed by atoms with Crippen molar-refractivity contribution in [3.63, 3.8) is 0 Å². The van der Waals surface area contributed by atoms with E-state index in [-0.39, 0.29) is 0 Å². The second-order valence-electron chi connectivity index (χ2n) is 3.18. The van der Waals surface area contributed by atoms with E-state index in [4.69, 9.17) is 10.5 Å². The van der Waals surface area contributed by atoms with Gasteiger partial charge in [-0.25, -0.2) is 9.97 Å². The maximum Gasteiger partial charge on any atom is 0.181 e. The molecule has 0 spiro atoms. The molecular weight excluding hydrogens is 204 g/mol. The SMILES string of the molecule is CCOc1cccnc1-n1ccnc1CN. The Balaban J connectivity index is 2.46. The fraction of sp³-hybridized carbons (Fsp3) is 0.273. The Hall–Kier alpha value is -1.88. The fourth-order valence-corrected chi connectivity index (χ4v) is 1.51. The van der Waals surface area contributed by atoms with E-state index in [9.17, 15) is 0 Å². The summed E-state index contributed by atoms with van der Waals surface area (Å²) < 4.78 is 7.35. The van der Waals surface area contributed by atoms with Gasteiger partial charge in [0, 0.05) is 18.6 Å². The van der Waals surface area contributed by atoms with Crippen molar-refractivity contribution in [2.75, 3.05) is 6.61 Å². The molecule has 0 fully saturated rings. The van der Waals surface area contributed by atoms with Gasteiger partial charge in [-0.15, -0.1) is 0 Å². The van der Waals surface area contributed by atoms with Crippen LogP contribution >= 0.6 is 0 Å². The molecule has 0 amide bonds. The van der Waals surface area contributed by atoms with E-state index >= 15 is 0 Å². The van der Waals surface area contributed by atoms with E-state index in [1.807, 2.05) is 29.8 Å². The predicted molar refractivity (Wildman–Crippen MR) is 60.4 cm³/mol. The van der Waals surface area contributed by atoms with Crippen LogP contribution in [0.15, 0.2) is 30.7 Å². The minimum Gasteiger partial charge on any atom is -0.490 e. The normalized spacial score (nSPS) is 10.4. The molecule has 2 aromatic heterocycles. The van der Waals surface area contributed by atoms with Crippen LogP contribution in [-0.4, -0.2) is 21.1 Å². The van der Waals surface area contributed by atoms with Gasteiger partial charge in [0.15, 0.2) is 11.6 Å². The molecule has 0 aliphatic carbocycles. The van der Waals surface area contributed by atoms with Crippen LogP contribution in [-0.2, 0) is 6.54 Å². The summed E-state index contributed by atoms with van der Waals surface area (Å²) in [6.45, 7) is 2.91. The molecule has 2 N–H and O–H groups in total. The van der Waals surface area contributed by atoms with Gasteiger partial charge in [-0.05, 0) is 19.1 Å². The molecule has 0 aliphatic heterocycles. The van der Waals surface area contributed by atoms with Crippen molar-refractivity contribution in [1.29, 1.82) is 0 Å². The highest BCUT2D eigenvalue weighted by atomic mass is 16.5. The fourth-order valence-electron chi connectivity index (χ4n) is 1.51. The Morgan fingerprint density at radius 3 is 3.00 bits per heavy atom. The Morgan fingerprint density at radius 1 is 1.38 bits per heavy atom. The first kappa shape index (κ1) is 10.6. The van der Waals surface area contributed by atoms with E-state index in [0.29, 0.717) is 13.2 Å². The average Bonchev–Trinajstić information content (AvgIpc) is 2.78. The topological polar surface area (TPSA) is 66.0 Å². The third-order valence-electron chi connectivity index (χ3n) is 2.18. The van der Waals surface area contributed by atoms with Crippen molar-refractivity contribution in [2.24, 2.45) is 5.73 Å². The molecule has 2 rings (SSSR count). The van der Waals surface area contributed by atoms with Gasteiger partial charge in [-0.2, -0.15) is 0 Å². The molecule has 5 nitrogen and oxygen atoms in total. The first-order valence-electron chi connectivity index (χ1n) is 5.17. The van der Waals surface area contributed by atoms with Gasteiger partial charge in [-0.1, -0.05) is 0 Å². The molecule has 0 saturated heterocycles. The van der Waals surface area contributed by atoms with E-state index in [2.05, 4.69) is 9.97 Å². The van der Waals surface area contributed by atoms with Crippen LogP contribution < -0.4 is 10.5 Å². The number of ether oxygens (including phenoxy) is 1. The zero-order valence-electron chi connectivity index (χ0n) is 9.13. The van der Waals surface area contributed by atoms with E-state index in [1.54, 1.807) is 12.4 Å². The van der Waals surface area contributed by atoms with Crippen molar-refractivity contribution < 1.29 is 4.74 Å². The Labute approximate surface area is 93.9 Å². The Kier molecular flexibility index (Phi) is 3.16. The number of hydrogen-bond donors (Lipinski definition) is 1. The van der Waals surface area contributed by atoms with Crippen LogP contribution in [0.3, 0.4) is 0 Å². The van der Waals surface area contributed by atoms with Crippen molar-refractivity contribution in [3.8, 4) is 11.6 Å². The summed E-state index contributed by atoms with van der Waals surface area (Å²) in [6.07, 6.45) is 5.25. The molecule has 2 aromatic rings. The van der Waals surface area contributed by atoms with Gasteiger partial charge in [-0.3, -0.25) is 4.57 Å². The maximum atomic E-state index is 5.60. The quantitative estimate of drug-likeness (QED) is 0.835. The standard InChI is InChI=1S/C11H14N4O/c1-2-16-9-4-3-5-14-11(9)15-7-6-13-10(15)8-12/h3-7H,2,8,12H2,1H3. The summed E-state index contributed by atoms with van der Waals surface area (Å²) in [7, 11) is 0. The lowest BCUT2D eigenvalue weighted by molar-refractivity contribution is 0.337. The summed E-state index contributed by atoms with van der Waals surface area (Å²) in [5, 5.41) is 0. The molecular formula is C11H14N4O. The largest absolute Gasteiger partial charge is 0.490 e. The minimum atomic E-state index is 0.370. The molecule has 84 valence electrons. The molecule has 0 aliphatic rings. The highest BCUT2D eigenvalue weighted by molar-refractivity contribution is 5.40. The van der Waals surface area contributed by atoms with Crippen LogP contribution in [0.1, 0.15) is 12.7 Å². The van der Waals surface area contributed by atoms with Gasteiger partial charge in [0.25, 0.3) is 0 Å². The number of nitrogens with zero attached hydrogens (tertiary/aromatic N) is 3. The van der Waals surface area contributed by atoms with Crippen molar-refractivity contribution in [3.05, 3.63) is 36.5 Å². The highest BCUT2D eigenvalue weighted by Gasteiger charge is 2.09. The van der Waals surface area contributed by atoms with Crippen LogP contribution in [0.4, 0.5) is 0 Å². The van der Waals surface area contributed by atoms with E-state index in [0.717, 1.165) is 17.4 Å². The van der Waals surface area contributed by atoms with Gasteiger partial charge >= 0.3 is 0 Å². The Bertz CT molecular complexity index is 467. The maximum absolute atomic E-state index is 5.60. The molecule has 0 aromatic carbocycles. The third kappa shape index (κ3) is 1.90. The molecule has 0 radical (unpaired) electrons. The van der Waals surface area contributed by atoms with Crippen LogP contribution in [0.5, 0.6) is 5.75 Å². The first-order valence-corrected chi connectivity index (χ1v) is 5.17. The summed E-state index contributed by atoms with van der Waals surface area (Å²) in [6, 6.07) is 3.72. The van der Waals surface area contributed by atoms with Gasteiger partial charge < -0.3 is 10.5 Å². The van der Waals surface area contributed by atoms with Crippen LogP contribution in [0.2, 0.25) is 0 Å². The molecule has 16 heavy (non-hydrogen) atoms. The lowest BCUT2D eigenvalue weighted by Gasteiger charge is -2.10. The first-order chi connectivity index (χ1) is 7.86. The van der Waals surface area contributed by atoms with Crippen LogP contribution in [0, 0.1) is 0 Å². The minimum absolute atomic E-state index is 0.370. The summed E-state index contributed by atoms with van der Waals surface area (Å²) >= 11 is 0. The highest BCUT2D eigenvalue weighted by Crippen LogP contribution is 2.20. The second kappa shape index (κ2) is 4.76. The summed E-state index contributed by atoms with van der Waals surface area (Å²) in [5.74, 6) is 2.22. The number of imidazole rings is 1. The summed E-state index contributed by atoms with van der Waals surface area (Å²) in [4.78, 5) is 8.45. The van der Waals surface area contributed by atoms with Gasteiger partial charge in [0.05, 0.1) is 13.2 Å². The lowest BCUT2D eigenvalue weighted by atomic mass is 10.4. The lowest BCUT2D eigenvalue weighted by Crippen LogP contribution is -2.09. The van der Waals surface area contributed by atoms with E-state index in [1.165, 1.54) is 0 Å². The molecule has 5 heteroatoms. The summed E-state index contributed by atoms with van der Waals surface area (Å²) in [5.41, 5.74) is 5.60. The molecule has 0 bridgehead atoms. The monoisotopic (exact) mass is 218 g/mol. The number of hydrogen-bond acceptors (Lipinski definition) is 4. The second-order valence-corrected chi connectivity index (χ2v) is 3.18. The van der Waals surface area contributed by atoms with Gasteiger partial charge in [0.1, 0.15) is 5.82 Å². The third-order valence-corrected chi connectivity index (χ3v) is 2.18.